The lowest BCUT2D eigenvalue weighted by atomic mass is 9.86. The molecule has 0 saturated carbocycles. The Morgan fingerprint density at radius 2 is 2.03 bits per heavy atom. The van der Waals surface area contributed by atoms with Crippen molar-refractivity contribution in [1.29, 1.82) is 0 Å². The van der Waals surface area contributed by atoms with Gasteiger partial charge in [0.25, 0.3) is 5.91 Å². The maximum Gasteiger partial charge on any atom is 0.273 e. The average molecular weight is 477 g/mol. The maximum absolute atomic E-state index is 12.6. The second-order valence-corrected chi connectivity index (χ2v) is 10.4. The molecule has 1 aliphatic heterocycles. The van der Waals surface area contributed by atoms with Crippen LogP contribution >= 0.6 is 0 Å². The van der Waals surface area contributed by atoms with Crippen molar-refractivity contribution in [2.75, 3.05) is 24.5 Å². The van der Waals surface area contributed by atoms with Crippen LogP contribution in [0.15, 0.2) is 37.1 Å². The van der Waals surface area contributed by atoms with Gasteiger partial charge in [-0.05, 0) is 45.1 Å². The van der Waals surface area contributed by atoms with E-state index >= 15 is 0 Å². The molecule has 0 bridgehead atoms. The molecule has 1 aliphatic rings. The number of aromatic nitrogens is 8. The van der Waals surface area contributed by atoms with Gasteiger partial charge in [-0.3, -0.25) is 9.48 Å². The Labute approximate surface area is 204 Å². The predicted octanol–water partition coefficient (Wildman–Crippen LogP) is 2.37. The Morgan fingerprint density at radius 3 is 2.71 bits per heavy atom. The first-order chi connectivity index (χ1) is 16.7. The maximum atomic E-state index is 12.6. The number of rotatable bonds is 5. The summed E-state index contributed by atoms with van der Waals surface area (Å²) in [6.45, 7) is 10.6. The number of nitrogens with zero attached hydrogens (tertiary/aromatic N) is 9. The monoisotopic (exact) mass is 476 g/mol. The fraction of sp³-hybridized carbons (Fsp3) is 0.500. The van der Waals surface area contributed by atoms with Crippen LogP contribution in [0, 0.1) is 11.8 Å². The first-order valence-electron chi connectivity index (χ1n) is 12.0. The van der Waals surface area contributed by atoms with Gasteiger partial charge in [0.2, 0.25) is 0 Å². The zero-order valence-corrected chi connectivity index (χ0v) is 20.9. The van der Waals surface area contributed by atoms with Crippen molar-refractivity contribution in [2.45, 2.75) is 39.7 Å². The molecule has 11 nitrogen and oxygen atoms in total. The van der Waals surface area contributed by atoms with E-state index in [0.29, 0.717) is 24.1 Å². The summed E-state index contributed by atoms with van der Waals surface area (Å²) in [4.78, 5) is 20.0. The summed E-state index contributed by atoms with van der Waals surface area (Å²) >= 11 is 0. The minimum atomic E-state index is -0.212. The molecule has 4 aromatic heterocycles. The smallest absolute Gasteiger partial charge is 0.273 e. The fourth-order valence-electron chi connectivity index (χ4n) is 4.54. The zero-order valence-electron chi connectivity index (χ0n) is 20.9. The highest BCUT2D eigenvalue weighted by Crippen LogP contribution is 2.30. The van der Waals surface area contributed by atoms with E-state index in [-0.39, 0.29) is 11.4 Å². The largest absolute Gasteiger partial charge is 0.355 e. The summed E-state index contributed by atoms with van der Waals surface area (Å²) in [6, 6.07) is 2.00. The minimum Gasteiger partial charge on any atom is -0.355 e. The number of anilines is 1. The SMILES string of the molecule is C[C@@H]1CN(c2nc(-c3cnn(C)c3)cn3nccc23)CC[C@@H]1CNC(=O)c1cn(C(C)(C)C)nn1. The average Bonchev–Trinajstić information content (AvgIpc) is 3.57. The van der Waals surface area contributed by atoms with Crippen LogP contribution < -0.4 is 10.2 Å². The van der Waals surface area contributed by atoms with Gasteiger partial charge in [0, 0.05) is 38.4 Å². The van der Waals surface area contributed by atoms with Gasteiger partial charge in [-0.2, -0.15) is 10.2 Å². The molecule has 1 fully saturated rings. The number of aryl methyl sites for hydroxylation is 1. The van der Waals surface area contributed by atoms with E-state index in [4.69, 9.17) is 4.98 Å². The molecule has 0 unspecified atom stereocenters. The molecule has 5 rings (SSSR count). The number of carbonyl (C=O) groups is 1. The summed E-state index contributed by atoms with van der Waals surface area (Å²) in [7, 11) is 1.90. The standard InChI is InChI=1S/C24H32N10O/c1-16-12-32(9-7-17(16)10-25-23(35)20-15-34(30-29-20)24(2,3)4)22-21-6-8-26-33(21)14-19(28-22)18-11-27-31(5)13-18/h6,8,11,13-17H,7,9-10,12H2,1-5H3,(H,25,35)/t16-,17-/m1/s1. The lowest BCUT2D eigenvalue weighted by molar-refractivity contribution is 0.0934. The van der Waals surface area contributed by atoms with E-state index < -0.39 is 0 Å². The molecule has 5 heterocycles. The van der Waals surface area contributed by atoms with Crippen molar-refractivity contribution in [3.8, 4) is 11.3 Å². The van der Waals surface area contributed by atoms with Crippen molar-refractivity contribution in [3.05, 3.63) is 42.7 Å². The number of amides is 1. The van der Waals surface area contributed by atoms with Gasteiger partial charge in [-0.1, -0.05) is 12.1 Å². The van der Waals surface area contributed by atoms with Crippen molar-refractivity contribution in [1.82, 2.24) is 44.7 Å². The Bertz CT molecular complexity index is 1340. The van der Waals surface area contributed by atoms with Crippen molar-refractivity contribution >= 4 is 17.2 Å². The van der Waals surface area contributed by atoms with Crippen molar-refractivity contribution in [3.63, 3.8) is 0 Å². The molecule has 1 saturated heterocycles. The molecule has 184 valence electrons. The van der Waals surface area contributed by atoms with Gasteiger partial charge >= 0.3 is 0 Å². The first kappa shape index (κ1) is 23.0. The molecule has 11 heteroatoms. The van der Waals surface area contributed by atoms with Crippen LogP contribution in [0.25, 0.3) is 16.8 Å². The van der Waals surface area contributed by atoms with Crippen LogP contribution in [0.2, 0.25) is 0 Å². The number of fused-ring (bicyclic) bond motifs is 1. The van der Waals surface area contributed by atoms with Crippen LogP contribution in [0.1, 0.15) is 44.6 Å². The molecular formula is C24H32N10O. The normalized spacial score (nSPS) is 18.8. The van der Waals surface area contributed by atoms with E-state index in [1.54, 1.807) is 21.8 Å². The summed E-state index contributed by atoms with van der Waals surface area (Å²) < 4.78 is 5.37. The summed E-state index contributed by atoms with van der Waals surface area (Å²) in [5.41, 5.74) is 2.92. The minimum absolute atomic E-state index is 0.179. The van der Waals surface area contributed by atoms with Crippen LogP contribution in [0.4, 0.5) is 5.82 Å². The van der Waals surface area contributed by atoms with Crippen LogP contribution in [0.3, 0.4) is 0 Å². The molecule has 2 atom stereocenters. The highest BCUT2D eigenvalue weighted by molar-refractivity contribution is 5.91. The third-order valence-corrected chi connectivity index (χ3v) is 6.69. The number of piperidine rings is 1. The summed E-state index contributed by atoms with van der Waals surface area (Å²) in [5, 5.41) is 19.9. The molecule has 1 amide bonds. The lowest BCUT2D eigenvalue weighted by Gasteiger charge is -2.38. The first-order valence-corrected chi connectivity index (χ1v) is 12.0. The molecule has 0 aliphatic carbocycles. The zero-order chi connectivity index (χ0) is 24.7. The third kappa shape index (κ3) is 4.62. The molecular weight excluding hydrogens is 444 g/mol. The Hall–Kier alpha value is -3.76. The van der Waals surface area contributed by atoms with Gasteiger partial charge in [-0.15, -0.1) is 5.10 Å². The quantitative estimate of drug-likeness (QED) is 0.471. The van der Waals surface area contributed by atoms with Gasteiger partial charge in [-0.25, -0.2) is 14.2 Å². The Balaban J connectivity index is 1.27. The number of nitrogens with one attached hydrogen (secondary N) is 1. The van der Waals surface area contributed by atoms with Crippen molar-refractivity contribution in [2.24, 2.45) is 18.9 Å². The van der Waals surface area contributed by atoms with E-state index in [0.717, 1.165) is 42.1 Å². The highest BCUT2D eigenvalue weighted by Gasteiger charge is 2.29. The van der Waals surface area contributed by atoms with E-state index in [9.17, 15) is 4.79 Å². The van der Waals surface area contributed by atoms with Crippen LogP contribution in [-0.4, -0.2) is 64.9 Å². The predicted molar refractivity (Wildman–Crippen MR) is 132 cm³/mol. The molecule has 4 aromatic rings. The van der Waals surface area contributed by atoms with E-state index in [2.05, 4.69) is 37.6 Å². The number of carbonyl (C=O) groups excluding carboxylic acids is 1. The molecule has 35 heavy (non-hydrogen) atoms. The summed E-state index contributed by atoms with van der Waals surface area (Å²) in [6.07, 6.45) is 10.2. The highest BCUT2D eigenvalue weighted by atomic mass is 16.2. The van der Waals surface area contributed by atoms with Crippen LogP contribution in [-0.2, 0) is 12.6 Å². The molecule has 0 spiro atoms. The topological polar surface area (TPSA) is 111 Å². The van der Waals surface area contributed by atoms with Gasteiger partial charge < -0.3 is 10.2 Å². The number of hydrogen-bond donors (Lipinski definition) is 1. The Morgan fingerprint density at radius 1 is 1.20 bits per heavy atom. The third-order valence-electron chi connectivity index (χ3n) is 6.69. The van der Waals surface area contributed by atoms with E-state index in [1.807, 2.05) is 57.0 Å². The van der Waals surface area contributed by atoms with Crippen LogP contribution in [0.5, 0.6) is 0 Å². The summed E-state index contributed by atoms with van der Waals surface area (Å²) in [5.74, 6) is 1.50. The van der Waals surface area contributed by atoms with Gasteiger partial charge in [0.1, 0.15) is 5.52 Å². The number of hydrogen-bond acceptors (Lipinski definition) is 7. The molecule has 0 aromatic carbocycles. The molecule has 1 N–H and O–H groups in total. The lowest BCUT2D eigenvalue weighted by Crippen LogP contribution is -2.44. The second kappa shape index (κ2) is 8.79. The second-order valence-electron chi connectivity index (χ2n) is 10.4. The Kier molecular flexibility index (Phi) is 5.78. The van der Waals surface area contributed by atoms with E-state index in [1.165, 1.54) is 0 Å². The molecule has 0 radical (unpaired) electrons. The van der Waals surface area contributed by atoms with Crippen molar-refractivity contribution < 1.29 is 4.79 Å². The van der Waals surface area contributed by atoms with Gasteiger partial charge in [0.05, 0.1) is 36.0 Å². The fourth-order valence-corrected chi connectivity index (χ4v) is 4.54. The van der Waals surface area contributed by atoms with Gasteiger partial charge in [0.15, 0.2) is 11.5 Å².